The molecule has 0 aliphatic rings. The number of carbonyl (C=O) groups excluding carboxylic acids is 1. The number of phenolic OH excluding ortho intramolecular Hbond substituents is 1. The maximum Gasteiger partial charge on any atom is 0.250 e. The van der Waals surface area contributed by atoms with Crippen LogP contribution >= 0.6 is 27.7 Å². The van der Waals surface area contributed by atoms with Gasteiger partial charge in [-0.3, -0.25) is 4.79 Å². The molecular weight excluding hydrogens is 432 g/mol. The van der Waals surface area contributed by atoms with Crippen LogP contribution < -0.4 is 10.2 Å². The van der Waals surface area contributed by atoms with Crippen LogP contribution in [0.4, 0.5) is 0 Å². The van der Waals surface area contributed by atoms with E-state index in [2.05, 4.69) is 31.4 Å². The Kier molecular flexibility index (Phi) is 6.02. The van der Waals surface area contributed by atoms with E-state index < -0.39 is 0 Å². The molecule has 1 amide bonds. The summed E-state index contributed by atoms with van der Waals surface area (Å²) in [4.78, 5) is 16.5. The number of para-hydroxylation sites is 2. The van der Waals surface area contributed by atoms with Crippen molar-refractivity contribution in [1.82, 2.24) is 15.0 Å². The minimum Gasteiger partial charge on any atom is -0.503 e. The lowest BCUT2D eigenvalue weighted by molar-refractivity contribution is -0.118. The molecule has 2 N–H and O–H groups in total. The lowest BCUT2D eigenvalue weighted by atomic mass is 10.2. The van der Waals surface area contributed by atoms with Gasteiger partial charge in [0, 0.05) is 7.05 Å². The number of methoxy groups -OCH3 is 1. The molecular formula is C18H17BrN4O3S. The number of ether oxygens (including phenoxy) is 1. The van der Waals surface area contributed by atoms with Crippen LogP contribution in [0, 0.1) is 0 Å². The standard InChI is InChI=1S/C18H17BrN4O3S/c1-23-14-6-4-3-5-13(14)21-18(23)27-10-16(24)22-20-9-11-7-12(19)17(25)15(8-11)26-2/h3-9,25H,10H2,1-2H3,(H,22,24)/b20-9-. The third-order valence-electron chi connectivity index (χ3n) is 3.75. The Hall–Kier alpha value is -2.52. The molecule has 0 atom stereocenters. The number of fused-ring (bicyclic) bond motifs is 1. The van der Waals surface area contributed by atoms with Crippen molar-refractivity contribution in [3.63, 3.8) is 0 Å². The van der Waals surface area contributed by atoms with Crippen molar-refractivity contribution in [2.24, 2.45) is 12.1 Å². The van der Waals surface area contributed by atoms with Crippen molar-refractivity contribution in [2.45, 2.75) is 5.16 Å². The van der Waals surface area contributed by atoms with Gasteiger partial charge in [0.1, 0.15) is 0 Å². The molecule has 27 heavy (non-hydrogen) atoms. The summed E-state index contributed by atoms with van der Waals surface area (Å²) in [5.41, 5.74) is 5.06. The summed E-state index contributed by atoms with van der Waals surface area (Å²) in [5.74, 6) is 0.275. The van der Waals surface area contributed by atoms with Gasteiger partial charge in [0.25, 0.3) is 5.91 Å². The Morgan fingerprint density at radius 1 is 1.44 bits per heavy atom. The van der Waals surface area contributed by atoms with Gasteiger partial charge >= 0.3 is 0 Å². The summed E-state index contributed by atoms with van der Waals surface area (Å²) >= 11 is 4.58. The van der Waals surface area contributed by atoms with Gasteiger partial charge in [-0.2, -0.15) is 5.10 Å². The SMILES string of the molecule is COc1cc(/C=N\NC(=O)CSc2nc3ccccc3n2C)cc(Br)c1O. The van der Waals surface area contributed by atoms with Crippen LogP contribution in [0.3, 0.4) is 0 Å². The maximum absolute atomic E-state index is 12.0. The van der Waals surface area contributed by atoms with Gasteiger partial charge in [-0.05, 0) is 45.8 Å². The zero-order valence-electron chi connectivity index (χ0n) is 14.6. The van der Waals surface area contributed by atoms with Crippen LogP contribution in [0.25, 0.3) is 11.0 Å². The number of imidazole rings is 1. The lowest BCUT2D eigenvalue weighted by Gasteiger charge is -2.06. The molecule has 3 aromatic rings. The fraction of sp³-hybridized carbons (Fsp3) is 0.167. The van der Waals surface area contributed by atoms with Crippen molar-refractivity contribution in [1.29, 1.82) is 0 Å². The number of carbonyl (C=O) groups is 1. The fourth-order valence-corrected chi connectivity index (χ4v) is 3.66. The Morgan fingerprint density at radius 3 is 2.96 bits per heavy atom. The van der Waals surface area contributed by atoms with E-state index in [0.717, 1.165) is 16.2 Å². The van der Waals surface area contributed by atoms with E-state index in [1.54, 1.807) is 12.1 Å². The first-order valence-electron chi connectivity index (χ1n) is 7.92. The predicted molar refractivity (Wildman–Crippen MR) is 110 cm³/mol. The van der Waals surface area contributed by atoms with Gasteiger partial charge in [-0.15, -0.1) is 0 Å². The Bertz CT molecular complexity index is 1020. The number of nitrogens with zero attached hydrogens (tertiary/aromatic N) is 3. The van der Waals surface area contributed by atoms with E-state index in [0.29, 0.717) is 15.8 Å². The molecule has 0 aliphatic carbocycles. The minimum atomic E-state index is -0.242. The van der Waals surface area contributed by atoms with Crippen molar-refractivity contribution < 1.29 is 14.6 Å². The van der Waals surface area contributed by atoms with E-state index >= 15 is 0 Å². The smallest absolute Gasteiger partial charge is 0.250 e. The van der Waals surface area contributed by atoms with Crippen LogP contribution in [-0.4, -0.2) is 39.6 Å². The highest BCUT2D eigenvalue weighted by Gasteiger charge is 2.10. The lowest BCUT2D eigenvalue weighted by Crippen LogP contribution is -2.19. The zero-order chi connectivity index (χ0) is 19.4. The molecule has 0 radical (unpaired) electrons. The molecule has 0 spiro atoms. The van der Waals surface area contributed by atoms with Gasteiger partial charge in [-0.1, -0.05) is 23.9 Å². The summed E-state index contributed by atoms with van der Waals surface area (Å²) < 4.78 is 7.51. The molecule has 0 bridgehead atoms. The number of phenols is 1. The molecule has 0 fully saturated rings. The highest BCUT2D eigenvalue weighted by atomic mass is 79.9. The van der Waals surface area contributed by atoms with Crippen LogP contribution in [0.2, 0.25) is 0 Å². The van der Waals surface area contributed by atoms with Gasteiger partial charge in [0.05, 0.1) is 34.6 Å². The Labute approximate surface area is 168 Å². The number of aromatic hydroxyl groups is 1. The maximum atomic E-state index is 12.0. The number of rotatable bonds is 6. The van der Waals surface area contributed by atoms with E-state index in [-0.39, 0.29) is 17.4 Å². The molecule has 7 nitrogen and oxygen atoms in total. The van der Waals surface area contributed by atoms with E-state index in [4.69, 9.17) is 4.74 Å². The first-order valence-corrected chi connectivity index (χ1v) is 9.70. The van der Waals surface area contributed by atoms with Crippen LogP contribution in [0.5, 0.6) is 11.5 Å². The Morgan fingerprint density at radius 2 is 2.22 bits per heavy atom. The summed E-state index contributed by atoms with van der Waals surface area (Å²) in [5, 5.41) is 14.5. The molecule has 0 aliphatic heterocycles. The number of aryl methyl sites for hydroxylation is 1. The number of halogens is 1. The quantitative estimate of drug-likeness (QED) is 0.343. The summed E-state index contributed by atoms with van der Waals surface area (Å²) in [6, 6.07) is 11.1. The molecule has 0 saturated carbocycles. The predicted octanol–water partition coefficient (Wildman–Crippen LogP) is 3.29. The molecule has 9 heteroatoms. The number of thioether (sulfide) groups is 1. The average Bonchev–Trinajstić information content (AvgIpc) is 2.99. The molecule has 0 saturated heterocycles. The van der Waals surface area contributed by atoms with Gasteiger partial charge in [0.15, 0.2) is 16.7 Å². The van der Waals surface area contributed by atoms with Crippen molar-refractivity contribution >= 4 is 50.8 Å². The molecule has 2 aromatic carbocycles. The average molecular weight is 449 g/mol. The Balaban J connectivity index is 1.59. The topological polar surface area (TPSA) is 88.7 Å². The molecule has 1 heterocycles. The van der Waals surface area contributed by atoms with E-state index in [1.165, 1.54) is 25.1 Å². The van der Waals surface area contributed by atoms with Crippen LogP contribution in [0.1, 0.15) is 5.56 Å². The second kappa shape index (κ2) is 8.45. The van der Waals surface area contributed by atoms with Crippen molar-refractivity contribution in [3.05, 3.63) is 46.4 Å². The minimum absolute atomic E-state index is 0.0116. The number of aromatic nitrogens is 2. The second-order valence-corrected chi connectivity index (χ2v) is 7.37. The second-order valence-electron chi connectivity index (χ2n) is 5.58. The fourth-order valence-electron chi connectivity index (χ4n) is 2.42. The van der Waals surface area contributed by atoms with Crippen LogP contribution in [-0.2, 0) is 11.8 Å². The first-order chi connectivity index (χ1) is 13.0. The number of hydrogen-bond donors (Lipinski definition) is 2. The number of amides is 1. The normalized spacial score (nSPS) is 11.2. The van der Waals surface area contributed by atoms with E-state index in [1.807, 2.05) is 35.9 Å². The molecule has 140 valence electrons. The summed E-state index contributed by atoms with van der Waals surface area (Å²) in [7, 11) is 3.38. The molecule has 1 aromatic heterocycles. The van der Waals surface area contributed by atoms with Gasteiger partial charge in [-0.25, -0.2) is 10.4 Å². The van der Waals surface area contributed by atoms with Crippen LogP contribution in [0.15, 0.2) is 51.1 Å². The monoisotopic (exact) mass is 448 g/mol. The molecule has 3 rings (SSSR count). The number of benzene rings is 2. The van der Waals surface area contributed by atoms with Crippen molar-refractivity contribution in [3.8, 4) is 11.5 Å². The number of nitrogens with one attached hydrogen (secondary N) is 1. The summed E-state index contributed by atoms with van der Waals surface area (Å²) in [6.07, 6.45) is 1.48. The highest BCUT2D eigenvalue weighted by Crippen LogP contribution is 2.34. The largest absolute Gasteiger partial charge is 0.503 e. The van der Waals surface area contributed by atoms with Gasteiger partial charge in [0.2, 0.25) is 0 Å². The van der Waals surface area contributed by atoms with Crippen molar-refractivity contribution in [2.75, 3.05) is 12.9 Å². The zero-order valence-corrected chi connectivity index (χ0v) is 17.0. The molecule has 0 unspecified atom stereocenters. The van der Waals surface area contributed by atoms with Gasteiger partial charge < -0.3 is 14.4 Å². The third-order valence-corrected chi connectivity index (χ3v) is 5.39. The summed E-state index contributed by atoms with van der Waals surface area (Å²) in [6.45, 7) is 0. The first kappa shape index (κ1) is 19.2. The van der Waals surface area contributed by atoms with E-state index in [9.17, 15) is 9.90 Å². The highest BCUT2D eigenvalue weighted by molar-refractivity contribution is 9.10. The third kappa shape index (κ3) is 4.42. The number of hydrazone groups is 1. The number of hydrogen-bond acceptors (Lipinski definition) is 6.